The van der Waals surface area contributed by atoms with Crippen molar-refractivity contribution in [3.63, 3.8) is 0 Å². The number of nitrogens with zero attached hydrogens (tertiary/aromatic N) is 1. The second-order valence-electron chi connectivity index (χ2n) is 5.09. The standard InChI is InChI=1S/C18H18F2N2O2/c1-3-13-4-6-15(7-5-13)17(23)22-21-12(2)14-8-10-16(11-9-14)24-18(19)20/h4-11,18H,3H2,1-2H3,(H,22,23)/b21-12-. The first-order valence-electron chi connectivity index (χ1n) is 7.48. The Balaban J connectivity index is 2.00. The van der Waals surface area contributed by atoms with Gasteiger partial charge in [0.25, 0.3) is 5.91 Å². The Morgan fingerprint density at radius 1 is 1.08 bits per heavy atom. The van der Waals surface area contributed by atoms with Gasteiger partial charge < -0.3 is 4.74 Å². The van der Waals surface area contributed by atoms with Crippen LogP contribution in [0.4, 0.5) is 8.78 Å². The van der Waals surface area contributed by atoms with Crippen LogP contribution in [0.25, 0.3) is 0 Å². The van der Waals surface area contributed by atoms with E-state index in [0.29, 0.717) is 16.8 Å². The van der Waals surface area contributed by atoms with Crippen LogP contribution in [-0.2, 0) is 6.42 Å². The lowest BCUT2D eigenvalue weighted by Gasteiger charge is -2.06. The Labute approximate surface area is 139 Å². The number of carbonyl (C=O) groups excluding carboxylic acids is 1. The normalized spacial score (nSPS) is 11.5. The smallest absolute Gasteiger partial charge is 0.387 e. The second kappa shape index (κ2) is 8.19. The molecule has 6 heteroatoms. The fraction of sp³-hybridized carbons (Fsp3) is 0.222. The Morgan fingerprint density at radius 2 is 1.67 bits per heavy atom. The van der Waals surface area contributed by atoms with Crippen LogP contribution >= 0.6 is 0 Å². The van der Waals surface area contributed by atoms with E-state index in [1.807, 2.05) is 19.1 Å². The maximum Gasteiger partial charge on any atom is 0.387 e. The summed E-state index contributed by atoms with van der Waals surface area (Å²) in [4.78, 5) is 12.0. The quantitative estimate of drug-likeness (QED) is 0.642. The monoisotopic (exact) mass is 332 g/mol. The molecule has 4 nitrogen and oxygen atoms in total. The summed E-state index contributed by atoms with van der Waals surface area (Å²) in [7, 11) is 0. The number of carbonyl (C=O) groups is 1. The summed E-state index contributed by atoms with van der Waals surface area (Å²) in [6, 6.07) is 13.3. The van der Waals surface area contributed by atoms with Crippen molar-refractivity contribution in [2.24, 2.45) is 5.10 Å². The van der Waals surface area contributed by atoms with E-state index in [0.717, 1.165) is 12.0 Å². The second-order valence-corrected chi connectivity index (χ2v) is 5.09. The highest BCUT2D eigenvalue weighted by atomic mass is 19.3. The number of benzene rings is 2. The third-order valence-corrected chi connectivity index (χ3v) is 3.45. The lowest BCUT2D eigenvalue weighted by Crippen LogP contribution is -2.19. The highest BCUT2D eigenvalue weighted by Gasteiger charge is 2.06. The molecule has 0 aromatic heterocycles. The minimum atomic E-state index is -2.86. The van der Waals surface area contributed by atoms with Crippen molar-refractivity contribution < 1.29 is 18.3 Å². The van der Waals surface area contributed by atoms with Crippen LogP contribution in [0.3, 0.4) is 0 Å². The topological polar surface area (TPSA) is 50.7 Å². The first kappa shape index (κ1) is 17.6. The molecule has 0 fully saturated rings. The predicted octanol–water partition coefficient (Wildman–Crippen LogP) is 4.00. The first-order chi connectivity index (χ1) is 11.5. The summed E-state index contributed by atoms with van der Waals surface area (Å²) in [6.07, 6.45) is 0.907. The number of alkyl halides is 2. The molecule has 0 spiro atoms. The van der Waals surface area contributed by atoms with Crippen LogP contribution in [-0.4, -0.2) is 18.2 Å². The number of hydrogen-bond donors (Lipinski definition) is 1. The van der Waals surface area contributed by atoms with Crippen LogP contribution in [0.15, 0.2) is 53.6 Å². The fourth-order valence-corrected chi connectivity index (χ4v) is 2.03. The van der Waals surface area contributed by atoms with E-state index in [4.69, 9.17) is 0 Å². The number of amides is 1. The van der Waals surface area contributed by atoms with Gasteiger partial charge in [0.1, 0.15) is 5.75 Å². The molecule has 0 bridgehead atoms. The minimum absolute atomic E-state index is 0.0709. The molecule has 0 atom stereocenters. The molecule has 2 aromatic rings. The maximum atomic E-state index is 12.1. The number of nitrogens with one attached hydrogen (secondary N) is 1. The van der Waals surface area contributed by atoms with E-state index >= 15 is 0 Å². The first-order valence-corrected chi connectivity index (χ1v) is 7.48. The molecular formula is C18H18F2N2O2. The average Bonchev–Trinajstić information content (AvgIpc) is 2.59. The number of aryl methyl sites for hydroxylation is 1. The molecule has 0 unspecified atom stereocenters. The Hall–Kier alpha value is -2.76. The Morgan fingerprint density at radius 3 is 2.21 bits per heavy atom. The molecule has 2 rings (SSSR count). The van der Waals surface area contributed by atoms with Gasteiger partial charge in [-0.1, -0.05) is 19.1 Å². The molecule has 0 heterocycles. The molecular weight excluding hydrogens is 314 g/mol. The number of ether oxygens (including phenoxy) is 1. The molecule has 126 valence electrons. The van der Waals surface area contributed by atoms with Gasteiger partial charge in [-0.15, -0.1) is 0 Å². The minimum Gasteiger partial charge on any atom is -0.435 e. The van der Waals surface area contributed by atoms with Gasteiger partial charge in [0.05, 0.1) is 5.71 Å². The summed E-state index contributed by atoms with van der Waals surface area (Å²) in [6.45, 7) is 0.896. The maximum absolute atomic E-state index is 12.1. The summed E-state index contributed by atoms with van der Waals surface area (Å²) in [5.41, 5.74) is 5.39. The van der Waals surface area contributed by atoms with Gasteiger partial charge in [-0.05, 0) is 60.9 Å². The van der Waals surface area contributed by atoms with Crippen molar-refractivity contribution in [3.05, 3.63) is 65.2 Å². The molecule has 0 aliphatic carbocycles. The third kappa shape index (κ3) is 4.87. The number of hydrazone groups is 1. The van der Waals surface area contributed by atoms with Crippen molar-refractivity contribution in [1.29, 1.82) is 0 Å². The fourth-order valence-electron chi connectivity index (χ4n) is 2.03. The van der Waals surface area contributed by atoms with Crippen molar-refractivity contribution in [2.75, 3.05) is 0 Å². The zero-order valence-electron chi connectivity index (χ0n) is 13.4. The number of hydrogen-bond acceptors (Lipinski definition) is 3. The molecule has 0 radical (unpaired) electrons. The van der Waals surface area contributed by atoms with Crippen molar-refractivity contribution in [3.8, 4) is 5.75 Å². The third-order valence-electron chi connectivity index (χ3n) is 3.45. The summed E-state index contributed by atoms with van der Waals surface area (Å²) in [5.74, 6) is -0.240. The number of halogens is 2. The lowest BCUT2D eigenvalue weighted by atomic mass is 10.1. The number of rotatable bonds is 6. The SMILES string of the molecule is CCc1ccc(C(=O)N/N=C(/C)c2ccc(OC(F)F)cc2)cc1. The van der Waals surface area contributed by atoms with Crippen LogP contribution in [0.5, 0.6) is 5.75 Å². The highest BCUT2D eigenvalue weighted by molar-refractivity contribution is 6.00. The Kier molecular flexibility index (Phi) is 6.01. The molecule has 0 aliphatic heterocycles. The van der Waals surface area contributed by atoms with Gasteiger partial charge in [-0.25, -0.2) is 5.43 Å². The van der Waals surface area contributed by atoms with Gasteiger partial charge in [-0.3, -0.25) is 4.79 Å². The highest BCUT2D eigenvalue weighted by Crippen LogP contribution is 2.15. The summed E-state index contributed by atoms with van der Waals surface area (Å²) < 4.78 is 28.5. The van der Waals surface area contributed by atoms with Gasteiger partial charge >= 0.3 is 6.61 Å². The molecule has 0 aliphatic rings. The van der Waals surface area contributed by atoms with Crippen LogP contribution < -0.4 is 10.2 Å². The van der Waals surface area contributed by atoms with Gasteiger partial charge in [-0.2, -0.15) is 13.9 Å². The molecule has 1 N–H and O–H groups in total. The van der Waals surface area contributed by atoms with Crippen molar-refractivity contribution >= 4 is 11.6 Å². The zero-order chi connectivity index (χ0) is 17.5. The largest absolute Gasteiger partial charge is 0.435 e. The van der Waals surface area contributed by atoms with Crippen LogP contribution in [0.2, 0.25) is 0 Å². The molecule has 24 heavy (non-hydrogen) atoms. The zero-order valence-corrected chi connectivity index (χ0v) is 13.4. The lowest BCUT2D eigenvalue weighted by molar-refractivity contribution is -0.0498. The van der Waals surface area contributed by atoms with E-state index < -0.39 is 6.61 Å². The van der Waals surface area contributed by atoms with Crippen molar-refractivity contribution in [1.82, 2.24) is 5.43 Å². The van der Waals surface area contributed by atoms with E-state index in [9.17, 15) is 13.6 Å². The van der Waals surface area contributed by atoms with E-state index in [-0.39, 0.29) is 11.7 Å². The van der Waals surface area contributed by atoms with E-state index in [1.54, 1.807) is 31.2 Å². The van der Waals surface area contributed by atoms with Crippen molar-refractivity contribution in [2.45, 2.75) is 26.9 Å². The van der Waals surface area contributed by atoms with Gasteiger partial charge in [0.15, 0.2) is 0 Å². The molecule has 0 saturated carbocycles. The van der Waals surface area contributed by atoms with Gasteiger partial charge in [0.2, 0.25) is 0 Å². The Bertz CT molecular complexity index is 711. The predicted molar refractivity (Wildman–Crippen MR) is 88.6 cm³/mol. The average molecular weight is 332 g/mol. The van der Waals surface area contributed by atoms with Crippen LogP contribution in [0, 0.1) is 0 Å². The molecule has 2 aromatic carbocycles. The van der Waals surface area contributed by atoms with E-state index in [1.165, 1.54) is 12.1 Å². The molecule has 1 amide bonds. The summed E-state index contributed by atoms with van der Waals surface area (Å²) >= 11 is 0. The molecule has 0 saturated heterocycles. The summed E-state index contributed by atoms with van der Waals surface area (Å²) in [5, 5.41) is 4.03. The van der Waals surface area contributed by atoms with Gasteiger partial charge in [0, 0.05) is 5.56 Å². The van der Waals surface area contributed by atoms with E-state index in [2.05, 4.69) is 15.3 Å². The van der Waals surface area contributed by atoms with Crippen LogP contribution in [0.1, 0.15) is 35.3 Å².